The number of likely N-dealkylation sites (tertiary alicyclic amines) is 1. The topological polar surface area (TPSA) is 45.5 Å². The summed E-state index contributed by atoms with van der Waals surface area (Å²) in [6.45, 7) is 7.02. The van der Waals surface area contributed by atoms with Crippen molar-refractivity contribution in [3.63, 3.8) is 0 Å². The lowest BCUT2D eigenvalue weighted by Gasteiger charge is -2.23. The van der Waals surface area contributed by atoms with Crippen LogP contribution in [0.2, 0.25) is 0 Å². The lowest BCUT2D eigenvalue weighted by molar-refractivity contribution is 0.0676. The summed E-state index contributed by atoms with van der Waals surface area (Å²) in [7, 11) is 0. The van der Waals surface area contributed by atoms with E-state index in [0.717, 1.165) is 36.3 Å². The van der Waals surface area contributed by atoms with Crippen LogP contribution in [0.1, 0.15) is 53.1 Å². The molecule has 4 nitrogen and oxygen atoms in total. The molecule has 2 aromatic rings. The van der Waals surface area contributed by atoms with Crippen LogP contribution in [0, 0.1) is 13.8 Å². The van der Waals surface area contributed by atoms with Crippen molar-refractivity contribution < 1.29 is 9.90 Å². The SMILES string of the molecule is Cc1cc(C(=O)N2CCC[C@@H]2CO)c(C)n1C(C)c1ccccc1. The van der Waals surface area contributed by atoms with Crippen molar-refractivity contribution in [1.29, 1.82) is 0 Å². The molecule has 128 valence electrons. The summed E-state index contributed by atoms with van der Waals surface area (Å²) in [5.41, 5.74) is 4.08. The van der Waals surface area contributed by atoms with E-state index in [1.807, 2.05) is 36.1 Å². The van der Waals surface area contributed by atoms with Gasteiger partial charge in [-0.1, -0.05) is 30.3 Å². The molecule has 4 heteroatoms. The van der Waals surface area contributed by atoms with Gasteiger partial charge in [-0.15, -0.1) is 0 Å². The molecular weight excluding hydrogens is 300 g/mol. The molecule has 1 amide bonds. The van der Waals surface area contributed by atoms with Crippen LogP contribution in [-0.2, 0) is 0 Å². The van der Waals surface area contributed by atoms with Gasteiger partial charge in [0.1, 0.15) is 0 Å². The minimum Gasteiger partial charge on any atom is -0.394 e. The lowest BCUT2D eigenvalue weighted by Crippen LogP contribution is -2.37. The van der Waals surface area contributed by atoms with E-state index < -0.39 is 0 Å². The van der Waals surface area contributed by atoms with Gasteiger partial charge in [-0.25, -0.2) is 0 Å². The number of carbonyl (C=O) groups excluding carboxylic acids is 1. The number of hydrogen-bond acceptors (Lipinski definition) is 2. The molecule has 2 atom stereocenters. The number of benzene rings is 1. The van der Waals surface area contributed by atoms with Crippen LogP contribution in [0.25, 0.3) is 0 Å². The third-order valence-electron chi connectivity index (χ3n) is 5.23. The molecule has 0 aliphatic carbocycles. The second-order valence-electron chi connectivity index (χ2n) is 6.72. The Morgan fingerprint density at radius 2 is 2.00 bits per heavy atom. The van der Waals surface area contributed by atoms with E-state index in [0.29, 0.717) is 0 Å². The quantitative estimate of drug-likeness (QED) is 0.937. The number of amides is 1. The zero-order valence-electron chi connectivity index (χ0n) is 14.7. The second kappa shape index (κ2) is 6.81. The first kappa shape index (κ1) is 16.8. The number of rotatable bonds is 4. The van der Waals surface area contributed by atoms with Crippen molar-refractivity contribution in [2.75, 3.05) is 13.2 Å². The Morgan fingerprint density at radius 3 is 2.67 bits per heavy atom. The van der Waals surface area contributed by atoms with Crippen LogP contribution in [-0.4, -0.2) is 39.7 Å². The first-order valence-electron chi connectivity index (χ1n) is 8.69. The number of nitrogens with zero attached hydrogens (tertiary/aromatic N) is 2. The van der Waals surface area contributed by atoms with Crippen molar-refractivity contribution in [3.8, 4) is 0 Å². The summed E-state index contributed by atoms with van der Waals surface area (Å²) in [4.78, 5) is 14.8. The summed E-state index contributed by atoms with van der Waals surface area (Å²) >= 11 is 0. The highest BCUT2D eigenvalue weighted by atomic mass is 16.3. The molecule has 0 bridgehead atoms. The third kappa shape index (κ3) is 2.86. The number of carbonyl (C=O) groups is 1. The van der Waals surface area contributed by atoms with Crippen molar-refractivity contribution >= 4 is 5.91 Å². The highest BCUT2D eigenvalue weighted by Gasteiger charge is 2.31. The van der Waals surface area contributed by atoms with Gasteiger partial charge in [0.2, 0.25) is 0 Å². The van der Waals surface area contributed by atoms with E-state index >= 15 is 0 Å². The Morgan fingerprint density at radius 1 is 1.29 bits per heavy atom. The third-order valence-corrected chi connectivity index (χ3v) is 5.23. The largest absolute Gasteiger partial charge is 0.394 e. The maximum absolute atomic E-state index is 13.0. The van der Waals surface area contributed by atoms with Gasteiger partial charge in [0.15, 0.2) is 0 Å². The highest BCUT2D eigenvalue weighted by Crippen LogP contribution is 2.28. The van der Waals surface area contributed by atoms with Crippen LogP contribution in [0.15, 0.2) is 36.4 Å². The van der Waals surface area contributed by atoms with Gasteiger partial charge in [-0.05, 0) is 45.2 Å². The minimum absolute atomic E-state index is 0.0351. The Hall–Kier alpha value is -2.07. The number of aromatic nitrogens is 1. The summed E-state index contributed by atoms with van der Waals surface area (Å²) < 4.78 is 2.23. The first-order chi connectivity index (χ1) is 11.5. The van der Waals surface area contributed by atoms with E-state index in [-0.39, 0.29) is 24.6 Å². The Labute approximate surface area is 143 Å². The van der Waals surface area contributed by atoms with Gasteiger partial charge in [-0.2, -0.15) is 0 Å². The molecule has 3 rings (SSSR count). The van der Waals surface area contributed by atoms with E-state index in [9.17, 15) is 9.90 Å². The molecule has 1 aliphatic heterocycles. The maximum atomic E-state index is 13.0. The molecule has 0 spiro atoms. The molecule has 1 N–H and O–H groups in total. The van der Waals surface area contributed by atoms with Gasteiger partial charge in [-0.3, -0.25) is 4.79 Å². The molecule has 0 radical (unpaired) electrons. The summed E-state index contributed by atoms with van der Waals surface area (Å²) in [5, 5.41) is 9.50. The van der Waals surface area contributed by atoms with Crippen LogP contribution >= 0.6 is 0 Å². The van der Waals surface area contributed by atoms with Crippen LogP contribution < -0.4 is 0 Å². The zero-order valence-corrected chi connectivity index (χ0v) is 14.7. The maximum Gasteiger partial charge on any atom is 0.256 e. The minimum atomic E-state index is -0.0351. The van der Waals surface area contributed by atoms with Crippen molar-refractivity contribution in [1.82, 2.24) is 9.47 Å². The van der Waals surface area contributed by atoms with Gasteiger partial charge >= 0.3 is 0 Å². The summed E-state index contributed by atoms with van der Waals surface area (Å²) in [5.74, 6) is 0.0474. The predicted octanol–water partition coefficient (Wildman–Crippen LogP) is 3.31. The average molecular weight is 326 g/mol. The summed E-state index contributed by atoms with van der Waals surface area (Å²) in [6, 6.07) is 12.5. The zero-order chi connectivity index (χ0) is 17.3. The molecule has 1 fully saturated rings. The molecular formula is C20H26N2O2. The van der Waals surface area contributed by atoms with Crippen LogP contribution in [0.3, 0.4) is 0 Å². The predicted molar refractivity (Wildman–Crippen MR) is 95.3 cm³/mol. The Kier molecular flexibility index (Phi) is 4.76. The van der Waals surface area contributed by atoms with E-state index in [2.05, 4.69) is 30.5 Å². The molecule has 0 saturated carbocycles. The Balaban J connectivity index is 1.93. The van der Waals surface area contributed by atoms with Crippen molar-refractivity contribution in [2.24, 2.45) is 0 Å². The number of hydrogen-bond donors (Lipinski definition) is 1. The molecule has 24 heavy (non-hydrogen) atoms. The Bertz CT molecular complexity index is 721. The van der Waals surface area contributed by atoms with Crippen LogP contribution in [0.4, 0.5) is 0 Å². The van der Waals surface area contributed by atoms with Gasteiger partial charge in [0, 0.05) is 17.9 Å². The molecule has 2 heterocycles. The first-order valence-corrected chi connectivity index (χ1v) is 8.69. The smallest absolute Gasteiger partial charge is 0.256 e. The van der Waals surface area contributed by atoms with E-state index in [1.165, 1.54) is 5.56 Å². The summed E-state index contributed by atoms with van der Waals surface area (Å²) in [6.07, 6.45) is 1.86. The molecule has 1 aromatic heterocycles. The lowest BCUT2D eigenvalue weighted by atomic mass is 10.1. The molecule has 1 saturated heterocycles. The molecule has 1 unspecified atom stereocenters. The van der Waals surface area contributed by atoms with Crippen molar-refractivity contribution in [3.05, 3.63) is 58.9 Å². The highest BCUT2D eigenvalue weighted by molar-refractivity contribution is 5.96. The fourth-order valence-electron chi connectivity index (χ4n) is 3.92. The van der Waals surface area contributed by atoms with E-state index in [1.54, 1.807) is 0 Å². The number of aliphatic hydroxyl groups excluding tert-OH is 1. The number of aryl methyl sites for hydroxylation is 1. The fourth-order valence-corrected chi connectivity index (χ4v) is 3.92. The van der Waals surface area contributed by atoms with Gasteiger partial charge in [0.25, 0.3) is 5.91 Å². The average Bonchev–Trinajstić information content (AvgIpc) is 3.19. The van der Waals surface area contributed by atoms with Crippen molar-refractivity contribution in [2.45, 2.75) is 45.7 Å². The standard InChI is InChI=1S/C20H26N2O2/c1-14-12-19(20(24)21-11-7-10-18(21)13-23)16(3)22(14)15(2)17-8-5-4-6-9-17/h4-6,8-9,12,15,18,23H,7,10-11,13H2,1-3H3/t15?,18-/m1/s1. The molecule has 1 aliphatic rings. The second-order valence-corrected chi connectivity index (χ2v) is 6.72. The fraction of sp³-hybridized carbons (Fsp3) is 0.450. The molecule has 1 aromatic carbocycles. The van der Waals surface area contributed by atoms with Crippen LogP contribution in [0.5, 0.6) is 0 Å². The normalized spacial score (nSPS) is 18.8. The monoisotopic (exact) mass is 326 g/mol. The van der Waals surface area contributed by atoms with Gasteiger partial charge < -0.3 is 14.6 Å². The number of aliphatic hydroxyl groups is 1. The van der Waals surface area contributed by atoms with E-state index in [4.69, 9.17) is 0 Å². The van der Waals surface area contributed by atoms with Gasteiger partial charge in [0.05, 0.1) is 24.3 Å².